The molecule has 0 atom stereocenters. The Morgan fingerprint density at radius 2 is 2.06 bits per heavy atom. The number of nitrogens with one attached hydrogen (secondary N) is 1. The van der Waals surface area contributed by atoms with Crippen molar-refractivity contribution in [1.82, 2.24) is 14.5 Å². The number of nitrogens with zero attached hydrogens (tertiary/aromatic N) is 2. The average Bonchev–Trinajstić information content (AvgIpc) is 2.52. The highest BCUT2D eigenvalue weighted by molar-refractivity contribution is 5.75. The lowest BCUT2D eigenvalue weighted by Crippen LogP contribution is -2.30. The lowest BCUT2D eigenvalue weighted by molar-refractivity contribution is -0.141. The summed E-state index contributed by atoms with van der Waals surface area (Å²) in [6, 6.07) is 1.50. The molecule has 0 aliphatic carbocycles. The Morgan fingerprint density at radius 1 is 1.41 bits per heavy atom. The van der Waals surface area contributed by atoms with Crippen LogP contribution in [-0.2, 0) is 6.54 Å². The fourth-order valence-corrected chi connectivity index (χ4v) is 1.71. The van der Waals surface area contributed by atoms with Gasteiger partial charge in [-0.05, 0) is 19.9 Å². The number of halogens is 3. The van der Waals surface area contributed by atoms with E-state index in [9.17, 15) is 18.0 Å². The molecule has 2 rings (SSSR count). The molecular formula is C10H10F3N3O. The van der Waals surface area contributed by atoms with Crippen LogP contribution in [0.3, 0.4) is 0 Å². The highest BCUT2D eigenvalue weighted by Crippen LogP contribution is 2.18. The molecule has 92 valence electrons. The summed E-state index contributed by atoms with van der Waals surface area (Å²) in [5, 5.41) is 0.178. The molecule has 0 saturated carbocycles. The van der Waals surface area contributed by atoms with Crippen molar-refractivity contribution in [2.24, 2.45) is 0 Å². The number of alkyl halides is 3. The molecule has 7 heteroatoms. The first-order chi connectivity index (χ1) is 7.78. The van der Waals surface area contributed by atoms with E-state index in [4.69, 9.17) is 0 Å². The van der Waals surface area contributed by atoms with Gasteiger partial charge in [-0.3, -0.25) is 9.36 Å². The van der Waals surface area contributed by atoms with E-state index in [1.54, 1.807) is 6.92 Å². The summed E-state index contributed by atoms with van der Waals surface area (Å²) >= 11 is 0. The van der Waals surface area contributed by atoms with E-state index < -0.39 is 18.3 Å². The number of aromatic amines is 1. The normalized spacial score (nSPS) is 12.3. The quantitative estimate of drug-likeness (QED) is 0.834. The standard InChI is InChI=1S/C10H10F3N3O/c1-5-3-7-8(14-5)15-6(2)16(9(7)17)4-10(11,12)13/h3,14H,4H2,1-2H3. The smallest absolute Gasteiger partial charge is 0.343 e. The summed E-state index contributed by atoms with van der Waals surface area (Å²) in [6.45, 7) is 1.78. The van der Waals surface area contributed by atoms with Crippen LogP contribution in [0.2, 0.25) is 0 Å². The number of aromatic nitrogens is 3. The lowest BCUT2D eigenvalue weighted by Gasteiger charge is -2.11. The second kappa shape index (κ2) is 3.61. The van der Waals surface area contributed by atoms with E-state index in [0.29, 0.717) is 15.9 Å². The van der Waals surface area contributed by atoms with E-state index >= 15 is 0 Å². The first-order valence-corrected chi connectivity index (χ1v) is 4.91. The van der Waals surface area contributed by atoms with Crippen molar-refractivity contribution < 1.29 is 13.2 Å². The first-order valence-electron chi connectivity index (χ1n) is 4.91. The highest BCUT2D eigenvalue weighted by Gasteiger charge is 2.29. The van der Waals surface area contributed by atoms with Crippen LogP contribution in [0.5, 0.6) is 0 Å². The van der Waals surface area contributed by atoms with Gasteiger partial charge >= 0.3 is 6.18 Å². The fraction of sp³-hybridized carbons (Fsp3) is 0.400. The second-order valence-corrected chi connectivity index (χ2v) is 3.88. The average molecular weight is 245 g/mol. The van der Waals surface area contributed by atoms with Crippen LogP contribution < -0.4 is 5.56 Å². The summed E-state index contributed by atoms with van der Waals surface area (Å²) in [4.78, 5) is 18.6. The molecule has 0 spiro atoms. The Morgan fingerprint density at radius 3 is 2.65 bits per heavy atom. The van der Waals surface area contributed by atoms with Crippen LogP contribution in [-0.4, -0.2) is 20.7 Å². The maximum Gasteiger partial charge on any atom is 0.406 e. The Balaban J connectivity index is 2.67. The third-order valence-corrected chi connectivity index (χ3v) is 2.41. The third-order valence-electron chi connectivity index (χ3n) is 2.41. The number of fused-ring (bicyclic) bond motifs is 1. The zero-order chi connectivity index (χ0) is 12.8. The largest absolute Gasteiger partial charge is 0.406 e. The minimum atomic E-state index is -4.44. The molecule has 0 fully saturated rings. The molecule has 0 radical (unpaired) electrons. The molecule has 1 N–H and O–H groups in total. The minimum absolute atomic E-state index is 0.0432. The van der Waals surface area contributed by atoms with Crippen molar-refractivity contribution in [3.05, 3.63) is 27.9 Å². The molecule has 2 aromatic rings. The van der Waals surface area contributed by atoms with Gasteiger partial charge in [-0.1, -0.05) is 0 Å². The maximum atomic E-state index is 12.3. The Bertz CT molecular complexity index is 624. The van der Waals surface area contributed by atoms with Crippen LogP contribution in [0.25, 0.3) is 11.0 Å². The molecule has 2 heterocycles. The Labute approximate surface area is 94.1 Å². The molecule has 0 aliphatic rings. The van der Waals surface area contributed by atoms with Crippen molar-refractivity contribution in [2.75, 3.05) is 0 Å². The van der Waals surface area contributed by atoms with Crippen LogP contribution in [0, 0.1) is 13.8 Å². The van der Waals surface area contributed by atoms with Crippen molar-refractivity contribution in [3.8, 4) is 0 Å². The highest BCUT2D eigenvalue weighted by atomic mass is 19.4. The molecule has 2 aromatic heterocycles. The van der Waals surface area contributed by atoms with Crippen LogP contribution in [0.4, 0.5) is 13.2 Å². The molecule has 4 nitrogen and oxygen atoms in total. The predicted molar refractivity (Wildman–Crippen MR) is 55.9 cm³/mol. The van der Waals surface area contributed by atoms with Crippen LogP contribution in [0.1, 0.15) is 11.5 Å². The van der Waals surface area contributed by atoms with Gasteiger partial charge in [0.05, 0.1) is 5.39 Å². The minimum Gasteiger partial charge on any atom is -0.343 e. The van der Waals surface area contributed by atoms with E-state index in [-0.39, 0.29) is 11.2 Å². The fourth-order valence-electron chi connectivity index (χ4n) is 1.71. The number of hydrogen-bond acceptors (Lipinski definition) is 2. The monoisotopic (exact) mass is 245 g/mol. The van der Waals surface area contributed by atoms with Gasteiger partial charge in [0.15, 0.2) is 0 Å². The van der Waals surface area contributed by atoms with E-state index in [2.05, 4.69) is 9.97 Å². The molecule has 17 heavy (non-hydrogen) atoms. The first kappa shape index (κ1) is 11.7. The molecule has 0 unspecified atom stereocenters. The summed E-state index contributed by atoms with van der Waals surface area (Å²) in [5.74, 6) is 0.0432. The molecule has 0 amide bonds. The summed E-state index contributed by atoms with van der Waals surface area (Å²) in [5.41, 5.74) is 0.339. The Kier molecular flexibility index (Phi) is 2.48. The number of H-pyrrole nitrogens is 1. The molecular weight excluding hydrogens is 235 g/mol. The van der Waals surface area contributed by atoms with Gasteiger partial charge in [0.25, 0.3) is 5.56 Å². The number of aryl methyl sites for hydroxylation is 2. The summed E-state index contributed by atoms with van der Waals surface area (Å²) in [6.07, 6.45) is -4.44. The van der Waals surface area contributed by atoms with Crippen LogP contribution in [0.15, 0.2) is 10.9 Å². The molecule has 0 aromatic carbocycles. The topological polar surface area (TPSA) is 50.7 Å². The number of rotatable bonds is 1. The van der Waals surface area contributed by atoms with Gasteiger partial charge in [0.1, 0.15) is 18.0 Å². The van der Waals surface area contributed by atoms with Gasteiger partial charge in [-0.15, -0.1) is 0 Å². The van der Waals surface area contributed by atoms with Crippen molar-refractivity contribution >= 4 is 11.0 Å². The van der Waals surface area contributed by atoms with E-state index in [0.717, 1.165) is 0 Å². The van der Waals surface area contributed by atoms with Gasteiger partial charge in [0.2, 0.25) is 0 Å². The lowest BCUT2D eigenvalue weighted by atomic mass is 10.3. The van der Waals surface area contributed by atoms with Crippen molar-refractivity contribution in [3.63, 3.8) is 0 Å². The van der Waals surface area contributed by atoms with Crippen molar-refractivity contribution in [1.29, 1.82) is 0 Å². The third kappa shape index (κ3) is 2.17. The maximum absolute atomic E-state index is 12.3. The van der Waals surface area contributed by atoms with Crippen molar-refractivity contribution in [2.45, 2.75) is 26.6 Å². The van der Waals surface area contributed by atoms with E-state index in [1.165, 1.54) is 13.0 Å². The number of hydrogen-bond donors (Lipinski definition) is 1. The Hall–Kier alpha value is -1.79. The zero-order valence-corrected chi connectivity index (χ0v) is 9.22. The summed E-state index contributed by atoms with van der Waals surface area (Å²) in [7, 11) is 0. The van der Waals surface area contributed by atoms with Gasteiger partial charge in [0, 0.05) is 5.69 Å². The zero-order valence-electron chi connectivity index (χ0n) is 9.22. The van der Waals surface area contributed by atoms with Gasteiger partial charge in [-0.2, -0.15) is 13.2 Å². The van der Waals surface area contributed by atoms with E-state index in [1.807, 2.05) is 0 Å². The van der Waals surface area contributed by atoms with Gasteiger partial charge < -0.3 is 4.98 Å². The SMILES string of the molecule is Cc1cc2c(=O)n(CC(F)(F)F)c(C)nc2[nH]1. The predicted octanol–water partition coefficient (Wildman–Crippen LogP) is 1.90. The molecule has 0 aliphatic heterocycles. The second-order valence-electron chi connectivity index (χ2n) is 3.88. The van der Waals surface area contributed by atoms with Crippen LogP contribution >= 0.6 is 0 Å². The molecule has 0 bridgehead atoms. The summed E-state index contributed by atoms with van der Waals surface area (Å²) < 4.78 is 37.6. The molecule has 0 saturated heterocycles. The van der Waals surface area contributed by atoms with Gasteiger partial charge in [-0.25, -0.2) is 4.98 Å².